The van der Waals surface area contributed by atoms with Crippen molar-refractivity contribution in [1.29, 1.82) is 0 Å². The second kappa shape index (κ2) is 8.71. The minimum atomic E-state index is 0.317. The Morgan fingerprint density at radius 2 is 1.96 bits per heavy atom. The first-order chi connectivity index (χ1) is 13.0. The minimum Gasteiger partial charge on any atom is -0.507 e. The number of benzene rings is 1. The number of hydrogen-bond acceptors (Lipinski definition) is 2. The van der Waals surface area contributed by atoms with Gasteiger partial charge >= 0.3 is 0 Å². The second-order valence-corrected chi connectivity index (χ2v) is 9.07. The van der Waals surface area contributed by atoms with Crippen LogP contribution in [0, 0.1) is 11.8 Å². The zero-order chi connectivity index (χ0) is 19.6. The van der Waals surface area contributed by atoms with E-state index in [1.807, 2.05) is 6.07 Å². The normalized spacial score (nSPS) is 24.0. The van der Waals surface area contributed by atoms with Crippen LogP contribution < -0.4 is 4.74 Å². The Hall–Kier alpha value is -1.44. The molecule has 0 aromatic heterocycles. The average molecular weight is 371 g/mol. The predicted molar refractivity (Wildman–Crippen MR) is 114 cm³/mol. The largest absolute Gasteiger partial charge is 0.507 e. The first-order valence-electron chi connectivity index (χ1n) is 11.2. The molecular formula is C25H38O2. The third-order valence-corrected chi connectivity index (χ3v) is 6.99. The highest BCUT2D eigenvalue weighted by Gasteiger charge is 2.34. The van der Waals surface area contributed by atoms with E-state index in [-0.39, 0.29) is 0 Å². The lowest BCUT2D eigenvalue weighted by Crippen LogP contribution is -2.21. The Labute approximate surface area is 166 Å². The van der Waals surface area contributed by atoms with Gasteiger partial charge in [0.25, 0.3) is 0 Å². The molecule has 2 aliphatic rings. The molecule has 0 amide bonds. The lowest BCUT2D eigenvalue weighted by atomic mass is 9.76. The molecule has 3 rings (SSSR count). The van der Waals surface area contributed by atoms with Crippen molar-refractivity contribution in [3.05, 3.63) is 34.6 Å². The van der Waals surface area contributed by atoms with Crippen LogP contribution in [0.15, 0.2) is 23.5 Å². The van der Waals surface area contributed by atoms with Gasteiger partial charge in [-0.1, -0.05) is 60.3 Å². The lowest BCUT2D eigenvalue weighted by Gasteiger charge is -2.36. The standard InChI is InChI=1S/C25H38O2/c1-6-8-9-10-17(4)18(5)19-14-22(26)25-20(7-2)21-13-16(3)11-12-23(21)27-24(25)15-19/h14-18,20,26H,6-13H2,1-5H3. The molecule has 27 heavy (non-hydrogen) atoms. The highest BCUT2D eigenvalue weighted by Crippen LogP contribution is 2.51. The van der Waals surface area contributed by atoms with E-state index in [2.05, 4.69) is 40.7 Å². The molecule has 1 aromatic rings. The monoisotopic (exact) mass is 370 g/mol. The molecule has 0 saturated heterocycles. The minimum absolute atomic E-state index is 0.317. The van der Waals surface area contributed by atoms with E-state index in [4.69, 9.17) is 4.74 Å². The molecule has 1 aliphatic heterocycles. The predicted octanol–water partition coefficient (Wildman–Crippen LogP) is 7.67. The van der Waals surface area contributed by atoms with Crippen LogP contribution in [0.4, 0.5) is 0 Å². The molecule has 1 heterocycles. The first-order valence-corrected chi connectivity index (χ1v) is 11.2. The molecule has 150 valence electrons. The fraction of sp³-hybridized carbons (Fsp3) is 0.680. The average Bonchev–Trinajstić information content (AvgIpc) is 2.65. The van der Waals surface area contributed by atoms with Crippen LogP contribution >= 0.6 is 0 Å². The van der Waals surface area contributed by atoms with E-state index in [0.717, 1.165) is 30.6 Å². The van der Waals surface area contributed by atoms with Crippen LogP contribution in [0.25, 0.3) is 0 Å². The SMILES string of the molecule is CCCCCC(C)C(C)c1cc(O)c2c(c1)OC1=C(CC(C)CC1)C2CC. The number of rotatable bonds is 7. The van der Waals surface area contributed by atoms with E-state index in [1.54, 1.807) is 0 Å². The molecule has 0 fully saturated rings. The van der Waals surface area contributed by atoms with Crippen molar-refractivity contribution < 1.29 is 9.84 Å². The summed E-state index contributed by atoms with van der Waals surface area (Å²) in [5.41, 5.74) is 3.69. The summed E-state index contributed by atoms with van der Waals surface area (Å²) in [5.74, 6) is 4.62. The second-order valence-electron chi connectivity index (χ2n) is 9.07. The Morgan fingerprint density at radius 1 is 1.19 bits per heavy atom. The summed E-state index contributed by atoms with van der Waals surface area (Å²) in [6, 6.07) is 4.24. The molecular weight excluding hydrogens is 332 g/mol. The van der Waals surface area contributed by atoms with Gasteiger partial charge in [-0.3, -0.25) is 0 Å². The van der Waals surface area contributed by atoms with Crippen LogP contribution in [0.5, 0.6) is 11.5 Å². The Kier molecular flexibility index (Phi) is 6.55. The quantitative estimate of drug-likeness (QED) is 0.499. The van der Waals surface area contributed by atoms with Gasteiger partial charge in [0.1, 0.15) is 17.3 Å². The van der Waals surface area contributed by atoms with E-state index in [0.29, 0.717) is 29.4 Å². The van der Waals surface area contributed by atoms with Crippen LogP contribution in [-0.2, 0) is 0 Å². The van der Waals surface area contributed by atoms with E-state index >= 15 is 0 Å². The summed E-state index contributed by atoms with van der Waals surface area (Å²) in [5, 5.41) is 10.9. The summed E-state index contributed by atoms with van der Waals surface area (Å²) in [4.78, 5) is 0. The zero-order valence-electron chi connectivity index (χ0n) is 18.0. The summed E-state index contributed by atoms with van der Waals surface area (Å²) in [6.07, 6.45) is 9.51. The smallest absolute Gasteiger partial charge is 0.134 e. The number of phenols is 1. The van der Waals surface area contributed by atoms with E-state index in [1.165, 1.54) is 49.0 Å². The van der Waals surface area contributed by atoms with Crippen molar-refractivity contribution in [3.8, 4) is 11.5 Å². The van der Waals surface area contributed by atoms with Gasteiger partial charge in [-0.2, -0.15) is 0 Å². The molecule has 1 aliphatic carbocycles. The molecule has 0 spiro atoms. The third-order valence-electron chi connectivity index (χ3n) is 6.99. The molecule has 2 nitrogen and oxygen atoms in total. The van der Waals surface area contributed by atoms with Gasteiger partial charge in [-0.05, 0) is 60.3 Å². The van der Waals surface area contributed by atoms with E-state index in [9.17, 15) is 5.11 Å². The number of ether oxygens (including phenoxy) is 1. The van der Waals surface area contributed by atoms with Crippen molar-refractivity contribution >= 4 is 0 Å². The summed E-state index contributed by atoms with van der Waals surface area (Å²) in [7, 11) is 0. The highest BCUT2D eigenvalue weighted by atomic mass is 16.5. The fourth-order valence-electron chi connectivity index (χ4n) is 4.97. The molecule has 4 unspecified atom stereocenters. The summed E-state index contributed by atoms with van der Waals surface area (Å²) >= 11 is 0. The van der Waals surface area contributed by atoms with Gasteiger partial charge in [0.2, 0.25) is 0 Å². The first kappa shape index (κ1) is 20.3. The van der Waals surface area contributed by atoms with Gasteiger partial charge in [-0.15, -0.1) is 0 Å². The van der Waals surface area contributed by atoms with Crippen molar-refractivity contribution in [1.82, 2.24) is 0 Å². The van der Waals surface area contributed by atoms with Crippen molar-refractivity contribution in [2.45, 2.75) is 97.8 Å². The maximum atomic E-state index is 10.9. The summed E-state index contributed by atoms with van der Waals surface area (Å²) < 4.78 is 6.39. The van der Waals surface area contributed by atoms with Crippen LogP contribution in [0.1, 0.15) is 109 Å². The van der Waals surface area contributed by atoms with Crippen molar-refractivity contribution in [2.24, 2.45) is 11.8 Å². The number of allylic oxidation sites excluding steroid dienone is 2. The maximum Gasteiger partial charge on any atom is 0.134 e. The topological polar surface area (TPSA) is 29.5 Å². The maximum absolute atomic E-state index is 10.9. The Balaban J connectivity index is 1.87. The number of unbranched alkanes of at least 4 members (excludes halogenated alkanes) is 2. The molecule has 4 atom stereocenters. The van der Waals surface area contributed by atoms with E-state index < -0.39 is 0 Å². The van der Waals surface area contributed by atoms with Crippen LogP contribution in [-0.4, -0.2) is 5.11 Å². The number of phenolic OH excluding ortho intramolecular Hbond substituents is 1. The fourth-order valence-corrected chi connectivity index (χ4v) is 4.97. The highest BCUT2D eigenvalue weighted by molar-refractivity contribution is 5.56. The van der Waals surface area contributed by atoms with Crippen molar-refractivity contribution in [3.63, 3.8) is 0 Å². The molecule has 0 bridgehead atoms. The molecule has 0 radical (unpaired) electrons. The Bertz CT molecular complexity index is 688. The number of hydrogen-bond donors (Lipinski definition) is 1. The molecule has 0 saturated carbocycles. The van der Waals surface area contributed by atoms with Gasteiger partial charge < -0.3 is 9.84 Å². The van der Waals surface area contributed by atoms with Gasteiger partial charge in [-0.25, -0.2) is 0 Å². The number of fused-ring (bicyclic) bond motifs is 1. The summed E-state index contributed by atoms with van der Waals surface area (Å²) in [6.45, 7) is 11.5. The molecule has 2 heteroatoms. The third kappa shape index (κ3) is 4.20. The van der Waals surface area contributed by atoms with Gasteiger partial charge in [0.15, 0.2) is 0 Å². The van der Waals surface area contributed by atoms with Crippen molar-refractivity contribution in [2.75, 3.05) is 0 Å². The Morgan fingerprint density at radius 3 is 2.67 bits per heavy atom. The number of aromatic hydroxyl groups is 1. The zero-order valence-corrected chi connectivity index (χ0v) is 18.0. The van der Waals surface area contributed by atoms with Gasteiger partial charge in [0.05, 0.1) is 0 Å². The van der Waals surface area contributed by atoms with Crippen LogP contribution in [0.2, 0.25) is 0 Å². The lowest BCUT2D eigenvalue weighted by molar-refractivity contribution is 0.309. The van der Waals surface area contributed by atoms with Crippen LogP contribution in [0.3, 0.4) is 0 Å². The van der Waals surface area contributed by atoms with Gasteiger partial charge in [0, 0.05) is 17.9 Å². The molecule has 1 N–H and O–H groups in total. The molecule has 1 aromatic carbocycles.